The van der Waals surface area contributed by atoms with E-state index in [1.165, 1.54) is 12.1 Å². The van der Waals surface area contributed by atoms with E-state index in [4.69, 9.17) is 9.84 Å². The van der Waals surface area contributed by atoms with Crippen LogP contribution in [0.15, 0.2) is 60.9 Å². The zero-order valence-corrected chi connectivity index (χ0v) is 19.2. The second-order valence-electron chi connectivity index (χ2n) is 8.70. The summed E-state index contributed by atoms with van der Waals surface area (Å²) >= 11 is 0. The van der Waals surface area contributed by atoms with Crippen molar-refractivity contribution in [2.75, 3.05) is 33.3 Å². The summed E-state index contributed by atoms with van der Waals surface area (Å²) in [5, 5.41) is 4.85. The van der Waals surface area contributed by atoms with E-state index in [2.05, 4.69) is 9.88 Å². The molecule has 0 spiro atoms. The minimum Gasteiger partial charge on any atom is -0.380 e. The lowest BCUT2D eigenvalue weighted by molar-refractivity contribution is -0.127. The number of likely N-dealkylation sites (tertiary alicyclic amines) is 1. The zero-order valence-electron chi connectivity index (χ0n) is 19.2. The number of ether oxygens (including phenoxy) is 1. The molecule has 176 valence electrons. The van der Waals surface area contributed by atoms with Crippen LogP contribution in [-0.2, 0) is 22.6 Å². The predicted octanol–water partition coefficient (Wildman–Crippen LogP) is 3.37. The van der Waals surface area contributed by atoms with Crippen LogP contribution in [0.4, 0.5) is 4.39 Å². The van der Waals surface area contributed by atoms with Crippen LogP contribution in [0.2, 0.25) is 0 Å². The van der Waals surface area contributed by atoms with Gasteiger partial charge in [0.15, 0.2) is 0 Å². The van der Waals surface area contributed by atoms with E-state index < -0.39 is 0 Å². The van der Waals surface area contributed by atoms with Gasteiger partial charge in [-0.25, -0.2) is 4.39 Å². The fourth-order valence-corrected chi connectivity index (χ4v) is 4.70. The van der Waals surface area contributed by atoms with Crippen molar-refractivity contribution in [3.05, 3.63) is 72.5 Å². The van der Waals surface area contributed by atoms with Gasteiger partial charge in [0.1, 0.15) is 11.5 Å². The Morgan fingerprint density at radius 3 is 2.65 bits per heavy atom. The number of hydrogen-bond donors (Lipinski definition) is 0. The van der Waals surface area contributed by atoms with Crippen LogP contribution in [0, 0.1) is 5.82 Å². The highest BCUT2D eigenvalue weighted by atomic mass is 19.1. The molecule has 1 amide bonds. The van der Waals surface area contributed by atoms with E-state index in [1.807, 2.05) is 27.8 Å². The Kier molecular flexibility index (Phi) is 6.51. The molecule has 0 unspecified atom stereocenters. The van der Waals surface area contributed by atoms with Crippen molar-refractivity contribution in [1.29, 1.82) is 0 Å². The maximum atomic E-state index is 13.5. The second-order valence-corrected chi connectivity index (χ2v) is 8.70. The standard InChI is InChI=1S/C26H28FN5O2/c1-34-22-10-14-30(17-22)13-2-3-24(33)31-15-16-32-23(18-31)25(19-8-11-28-12-9-19)26(29-32)20-4-6-21(27)7-5-20/h2-9,11-12,22H,10,13-18H2,1H3/b3-2+/t22-/m0/s1. The summed E-state index contributed by atoms with van der Waals surface area (Å²) in [6.07, 6.45) is 8.43. The molecule has 0 aliphatic carbocycles. The molecule has 7 nitrogen and oxygen atoms in total. The number of benzene rings is 1. The average Bonchev–Trinajstić information content (AvgIpc) is 3.49. The highest BCUT2D eigenvalue weighted by Crippen LogP contribution is 2.36. The number of aromatic nitrogens is 3. The third-order valence-corrected chi connectivity index (χ3v) is 6.56. The minimum atomic E-state index is -0.284. The van der Waals surface area contributed by atoms with Gasteiger partial charge in [0.25, 0.3) is 0 Å². The van der Waals surface area contributed by atoms with Gasteiger partial charge in [-0.1, -0.05) is 6.08 Å². The first-order chi connectivity index (χ1) is 16.6. The van der Waals surface area contributed by atoms with Crippen LogP contribution in [-0.4, -0.2) is 69.9 Å². The highest BCUT2D eigenvalue weighted by Gasteiger charge is 2.27. The Hall–Kier alpha value is -3.36. The first-order valence-corrected chi connectivity index (χ1v) is 11.6. The van der Waals surface area contributed by atoms with Gasteiger partial charge in [-0.05, 0) is 48.4 Å². The zero-order chi connectivity index (χ0) is 23.5. The number of fused-ring (bicyclic) bond motifs is 1. The second kappa shape index (κ2) is 9.87. The molecule has 1 atom stereocenters. The van der Waals surface area contributed by atoms with Crippen molar-refractivity contribution in [3.63, 3.8) is 0 Å². The smallest absolute Gasteiger partial charge is 0.246 e. The molecule has 34 heavy (non-hydrogen) atoms. The number of pyridine rings is 1. The van der Waals surface area contributed by atoms with Crippen LogP contribution in [0.3, 0.4) is 0 Å². The Balaban J connectivity index is 1.38. The first kappa shape index (κ1) is 22.4. The summed E-state index contributed by atoms with van der Waals surface area (Å²) in [7, 11) is 1.75. The molecule has 1 saturated heterocycles. The third kappa shape index (κ3) is 4.64. The Morgan fingerprint density at radius 1 is 1.12 bits per heavy atom. The summed E-state index contributed by atoms with van der Waals surface area (Å²) in [5.74, 6) is -0.285. The summed E-state index contributed by atoms with van der Waals surface area (Å²) in [4.78, 5) is 21.3. The van der Waals surface area contributed by atoms with Crippen molar-refractivity contribution < 1.29 is 13.9 Å². The number of rotatable bonds is 6. The largest absolute Gasteiger partial charge is 0.380 e. The average molecular weight is 462 g/mol. The van der Waals surface area contributed by atoms with Crippen LogP contribution >= 0.6 is 0 Å². The fraction of sp³-hybridized carbons (Fsp3) is 0.346. The Morgan fingerprint density at radius 2 is 1.91 bits per heavy atom. The van der Waals surface area contributed by atoms with Crippen molar-refractivity contribution in [2.24, 2.45) is 0 Å². The minimum absolute atomic E-state index is 0.000973. The molecule has 0 radical (unpaired) electrons. The number of carbonyl (C=O) groups is 1. The van der Waals surface area contributed by atoms with Gasteiger partial charge < -0.3 is 9.64 Å². The molecule has 0 bridgehead atoms. The van der Waals surface area contributed by atoms with Gasteiger partial charge in [0.2, 0.25) is 5.91 Å². The maximum absolute atomic E-state index is 13.5. The SMILES string of the molecule is CO[C@H]1CCN(C/C=C/C(=O)N2CCn3nc(-c4ccc(F)cc4)c(-c4ccncc4)c3C2)C1. The molecule has 2 aliphatic heterocycles. The molecule has 8 heteroatoms. The van der Waals surface area contributed by atoms with Gasteiger partial charge >= 0.3 is 0 Å². The van der Waals surface area contributed by atoms with Gasteiger partial charge in [-0.3, -0.25) is 19.4 Å². The molecular weight excluding hydrogens is 433 g/mol. The normalized spacial score (nSPS) is 18.5. The Bertz CT molecular complexity index is 1180. The lowest BCUT2D eigenvalue weighted by atomic mass is 9.99. The summed E-state index contributed by atoms with van der Waals surface area (Å²) in [6, 6.07) is 10.3. The number of halogens is 1. The van der Waals surface area contributed by atoms with Crippen molar-refractivity contribution in [2.45, 2.75) is 25.6 Å². The van der Waals surface area contributed by atoms with Crippen molar-refractivity contribution in [1.82, 2.24) is 24.6 Å². The van der Waals surface area contributed by atoms with E-state index >= 15 is 0 Å². The molecule has 1 aromatic carbocycles. The predicted molar refractivity (Wildman–Crippen MR) is 127 cm³/mol. The highest BCUT2D eigenvalue weighted by molar-refractivity contribution is 5.88. The van der Waals surface area contributed by atoms with Gasteiger partial charge in [-0.15, -0.1) is 0 Å². The number of amides is 1. The molecule has 5 rings (SSSR count). The molecule has 2 aliphatic rings. The molecule has 4 heterocycles. The molecule has 2 aromatic heterocycles. The van der Waals surface area contributed by atoms with Crippen molar-refractivity contribution in [3.8, 4) is 22.4 Å². The van der Waals surface area contributed by atoms with Crippen LogP contribution in [0.5, 0.6) is 0 Å². The number of hydrogen-bond acceptors (Lipinski definition) is 5. The van der Waals surface area contributed by atoms with E-state index in [1.54, 1.807) is 37.7 Å². The molecule has 3 aromatic rings. The van der Waals surface area contributed by atoms with E-state index in [0.29, 0.717) is 19.6 Å². The van der Waals surface area contributed by atoms with Crippen molar-refractivity contribution >= 4 is 5.91 Å². The van der Waals surface area contributed by atoms with Crippen LogP contribution in [0.1, 0.15) is 12.1 Å². The summed E-state index contributed by atoms with van der Waals surface area (Å²) in [6.45, 7) is 4.29. The molecule has 0 N–H and O–H groups in total. The molecule has 1 fully saturated rings. The topological polar surface area (TPSA) is 63.5 Å². The van der Waals surface area contributed by atoms with E-state index in [-0.39, 0.29) is 17.8 Å². The Labute approximate surface area is 198 Å². The summed E-state index contributed by atoms with van der Waals surface area (Å²) < 4.78 is 20.9. The van der Waals surface area contributed by atoms with E-state index in [9.17, 15) is 9.18 Å². The number of methoxy groups -OCH3 is 1. The quantitative estimate of drug-likeness (QED) is 0.527. The van der Waals surface area contributed by atoms with E-state index in [0.717, 1.165) is 54.1 Å². The molecule has 0 saturated carbocycles. The lowest BCUT2D eigenvalue weighted by Gasteiger charge is -2.27. The van der Waals surface area contributed by atoms with Gasteiger partial charge in [0.05, 0.1) is 24.9 Å². The molecular formula is C26H28FN5O2. The fourth-order valence-electron chi connectivity index (χ4n) is 4.70. The summed E-state index contributed by atoms with van der Waals surface area (Å²) in [5.41, 5.74) is 4.53. The maximum Gasteiger partial charge on any atom is 0.246 e. The third-order valence-electron chi connectivity index (χ3n) is 6.56. The number of nitrogens with zero attached hydrogens (tertiary/aromatic N) is 5. The number of carbonyl (C=O) groups excluding carboxylic acids is 1. The van der Waals surface area contributed by atoms with Gasteiger partial charge in [-0.2, -0.15) is 5.10 Å². The first-order valence-electron chi connectivity index (χ1n) is 11.6. The van der Waals surface area contributed by atoms with Gasteiger partial charge in [0, 0.05) is 62.9 Å². The monoisotopic (exact) mass is 461 g/mol. The van der Waals surface area contributed by atoms with Crippen LogP contribution in [0.25, 0.3) is 22.4 Å². The van der Waals surface area contributed by atoms with Crippen LogP contribution < -0.4 is 0 Å². The lowest BCUT2D eigenvalue weighted by Crippen LogP contribution is -2.37.